The summed E-state index contributed by atoms with van der Waals surface area (Å²) in [5, 5.41) is 4.08. The summed E-state index contributed by atoms with van der Waals surface area (Å²) in [6.45, 7) is 4.99. The second-order valence-corrected chi connectivity index (χ2v) is 7.31. The third-order valence-electron chi connectivity index (χ3n) is 4.62. The zero-order valence-corrected chi connectivity index (χ0v) is 15.5. The molecule has 0 saturated carbocycles. The zero-order chi connectivity index (χ0) is 16.8. The van der Waals surface area contributed by atoms with E-state index in [2.05, 4.69) is 24.2 Å². The van der Waals surface area contributed by atoms with E-state index in [4.69, 9.17) is 23.2 Å². The molecule has 3 nitrogen and oxygen atoms in total. The van der Waals surface area contributed by atoms with Crippen molar-refractivity contribution in [3.8, 4) is 0 Å². The summed E-state index contributed by atoms with van der Waals surface area (Å²) >= 11 is 12.2. The highest BCUT2D eigenvalue weighted by Crippen LogP contribution is 2.33. The van der Waals surface area contributed by atoms with Crippen molar-refractivity contribution in [2.24, 2.45) is 5.92 Å². The van der Waals surface area contributed by atoms with Crippen molar-refractivity contribution in [3.05, 3.63) is 33.8 Å². The predicted octanol–water partition coefficient (Wildman–Crippen LogP) is 4.34. The van der Waals surface area contributed by atoms with Crippen molar-refractivity contribution in [2.45, 2.75) is 38.5 Å². The fourth-order valence-corrected chi connectivity index (χ4v) is 3.43. The van der Waals surface area contributed by atoms with E-state index in [1.807, 2.05) is 12.1 Å². The molecule has 0 spiro atoms. The average molecular weight is 357 g/mol. The van der Waals surface area contributed by atoms with E-state index < -0.39 is 0 Å². The van der Waals surface area contributed by atoms with Gasteiger partial charge >= 0.3 is 0 Å². The van der Waals surface area contributed by atoms with Gasteiger partial charge in [0.15, 0.2) is 0 Å². The van der Waals surface area contributed by atoms with Crippen molar-refractivity contribution >= 4 is 29.1 Å². The highest BCUT2D eigenvalue weighted by molar-refractivity contribution is 6.42. The molecule has 5 heteroatoms. The Bertz CT molecular complexity index is 528. The van der Waals surface area contributed by atoms with E-state index in [0.717, 1.165) is 44.3 Å². The first-order chi connectivity index (χ1) is 11.0. The van der Waals surface area contributed by atoms with Gasteiger partial charge in [0.2, 0.25) is 5.91 Å². The molecule has 0 bridgehead atoms. The third-order valence-corrected chi connectivity index (χ3v) is 5.36. The molecule has 1 amide bonds. The molecule has 0 radical (unpaired) electrons. The van der Waals surface area contributed by atoms with Crippen LogP contribution in [-0.4, -0.2) is 37.5 Å². The summed E-state index contributed by atoms with van der Waals surface area (Å²) in [6, 6.07) is 5.56. The maximum Gasteiger partial charge on any atom is 0.227 e. The second kappa shape index (κ2) is 8.91. The van der Waals surface area contributed by atoms with Crippen molar-refractivity contribution in [2.75, 3.05) is 26.7 Å². The SMILES string of the molecule is CCCNC(=O)C(CC1CCN(C)CC1)c1ccc(Cl)c(Cl)c1. The van der Waals surface area contributed by atoms with Crippen LogP contribution >= 0.6 is 23.2 Å². The van der Waals surface area contributed by atoms with Gasteiger partial charge in [-0.2, -0.15) is 0 Å². The molecular weight excluding hydrogens is 331 g/mol. The van der Waals surface area contributed by atoms with Crippen molar-refractivity contribution < 1.29 is 4.79 Å². The van der Waals surface area contributed by atoms with E-state index in [1.54, 1.807) is 6.07 Å². The Balaban J connectivity index is 2.13. The largest absolute Gasteiger partial charge is 0.356 e. The first kappa shape index (κ1) is 18.6. The predicted molar refractivity (Wildman–Crippen MR) is 97.3 cm³/mol. The summed E-state index contributed by atoms with van der Waals surface area (Å²) < 4.78 is 0. The van der Waals surface area contributed by atoms with Crippen LogP contribution in [0.2, 0.25) is 10.0 Å². The number of nitrogens with one attached hydrogen (secondary N) is 1. The third kappa shape index (κ3) is 5.37. The smallest absolute Gasteiger partial charge is 0.227 e. The first-order valence-electron chi connectivity index (χ1n) is 8.42. The fraction of sp³-hybridized carbons (Fsp3) is 0.611. The molecule has 1 unspecified atom stereocenters. The maximum atomic E-state index is 12.6. The molecule has 0 aliphatic carbocycles. The van der Waals surface area contributed by atoms with Gasteiger partial charge in [0.1, 0.15) is 0 Å². The van der Waals surface area contributed by atoms with Crippen LogP contribution in [0.1, 0.15) is 44.1 Å². The number of amides is 1. The molecule has 1 aliphatic rings. The van der Waals surface area contributed by atoms with Gasteiger partial charge in [-0.1, -0.05) is 36.2 Å². The number of nitrogens with zero attached hydrogens (tertiary/aromatic N) is 1. The van der Waals surface area contributed by atoms with E-state index in [0.29, 0.717) is 22.5 Å². The summed E-state index contributed by atoms with van der Waals surface area (Å²) in [4.78, 5) is 15.0. The normalized spacial score (nSPS) is 17.9. The minimum Gasteiger partial charge on any atom is -0.356 e. The highest BCUT2D eigenvalue weighted by Gasteiger charge is 2.27. The van der Waals surface area contributed by atoms with Crippen LogP contribution in [0.25, 0.3) is 0 Å². The van der Waals surface area contributed by atoms with Gasteiger partial charge in [0.25, 0.3) is 0 Å². The Morgan fingerprint density at radius 1 is 1.30 bits per heavy atom. The molecule has 128 valence electrons. The minimum absolute atomic E-state index is 0.101. The molecule has 2 rings (SSSR count). The highest BCUT2D eigenvalue weighted by atomic mass is 35.5. The van der Waals surface area contributed by atoms with Gasteiger partial charge in [-0.15, -0.1) is 0 Å². The van der Waals surface area contributed by atoms with Crippen LogP contribution in [0.5, 0.6) is 0 Å². The summed E-state index contributed by atoms with van der Waals surface area (Å²) in [7, 11) is 2.15. The number of halogens is 2. The number of benzene rings is 1. The Morgan fingerprint density at radius 2 is 2.00 bits per heavy atom. The Kier molecular flexibility index (Phi) is 7.19. The Hall–Kier alpha value is -0.770. The van der Waals surface area contributed by atoms with Crippen LogP contribution in [0.15, 0.2) is 18.2 Å². The molecule has 1 N–H and O–H groups in total. The summed E-state index contributed by atoms with van der Waals surface area (Å²) in [5.41, 5.74) is 0.965. The number of carbonyl (C=O) groups is 1. The Morgan fingerprint density at radius 3 is 2.61 bits per heavy atom. The van der Waals surface area contributed by atoms with E-state index >= 15 is 0 Å². The minimum atomic E-state index is -0.148. The number of carbonyl (C=O) groups excluding carboxylic acids is 1. The molecule has 1 aliphatic heterocycles. The van der Waals surface area contributed by atoms with Gasteiger partial charge < -0.3 is 10.2 Å². The van der Waals surface area contributed by atoms with Gasteiger partial charge in [0.05, 0.1) is 16.0 Å². The Labute approximate surface area is 149 Å². The van der Waals surface area contributed by atoms with E-state index in [-0.39, 0.29) is 11.8 Å². The van der Waals surface area contributed by atoms with Crippen molar-refractivity contribution in [1.29, 1.82) is 0 Å². The van der Waals surface area contributed by atoms with Crippen LogP contribution in [-0.2, 0) is 4.79 Å². The molecular formula is C18H26Cl2N2O. The molecule has 1 heterocycles. The second-order valence-electron chi connectivity index (χ2n) is 6.50. The zero-order valence-electron chi connectivity index (χ0n) is 13.9. The van der Waals surface area contributed by atoms with Crippen LogP contribution < -0.4 is 5.32 Å². The number of hydrogen-bond acceptors (Lipinski definition) is 2. The van der Waals surface area contributed by atoms with E-state index in [9.17, 15) is 4.79 Å². The van der Waals surface area contributed by atoms with Crippen LogP contribution in [0.3, 0.4) is 0 Å². The van der Waals surface area contributed by atoms with Crippen LogP contribution in [0.4, 0.5) is 0 Å². The summed E-state index contributed by atoms with van der Waals surface area (Å²) in [5.74, 6) is 0.534. The quantitative estimate of drug-likeness (QED) is 0.822. The van der Waals surface area contributed by atoms with Crippen molar-refractivity contribution in [3.63, 3.8) is 0 Å². The first-order valence-corrected chi connectivity index (χ1v) is 9.18. The maximum absolute atomic E-state index is 12.6. The molecule has 1 aromatic rings. The fourth-order valence-electron chi connectivity index (χ4n) is 3.13. The number of rotatable bonds is 6. The lowest BCUT2D eigenvalue weighted by Gasteiger charge is -2.31. The number of likely N-dealkylation sites (tertiary alicyclic amines) is 1. The van der Waals surface area contributed by atoms with Gasteiger partial charge in [-0.3, -0.25) is 4.79 Å². The van der Waals surface area contributed by atoms with Gasteiger partial charge in [-0.25, -0.2) is 0 Å². The van der Waals surface area contributed by atoms with Gasteiger partial charge in [0, 0.05) is 6.54 Å². The molecule has 0 aromatic heterocycles. The van der Waals surface area contributed by atoms with Crippen LogP contribution in [0, 0.1) is 5.92 Å². The lowest BCUT2D eigenvalue weighted by molar-refractivity contribution is -0.123. The van der Waals surface area contributed by atoms with Crippen molar-refractivity contribution in [1.82, 2.24) is 10.2 Å². The molecule has 1 atom stereocenters. The average Bonchev–Trinajstić information content (AvgIpc) is 2.55. The van der Waals surface area contributed by atoms with E-state index in [1.165, 1.54) is 0 Å². The lowest BCUT2D eigenvalue weighted by Crippen LogP contribution is -2.34. The molecule has 1 fully saturated rings. The molecule has 1 aromatic carbocycles. The topological polar surface area (TPSA) is 32.3 Å². The standard InChI is InChI=1S/C18H26Cl2N2O/c1-3-8-21-18(23)15(11-13-6-9-22(2)10-7-13)14-4-5-16(19)17(20)12-14/h4-5,12-13,15H,3,6-11H2,1-2H3,(H,21,23). The molecule has 23 heavy (non-hydrogen) atoms. The molecule has 1 saturated heterocycles. The lowest BCUT2D eigenvalue weighted by atomic mass is 9.83. The monoisotopic (exact) mass is 356 g/mol. The number of piperidine rings is 1. The summed E-state index contributed by atoms with van der Waals surface area (Å²) in [6.07, 6.45) is 4.11. The van der Waals surface area contributed by atoms with Gasteiger partial charge in [-0.05, 0) is 69.4 Å². The number of hydrogen-bond donors (Lipinski definition) is 1.